The molecule has 0 radical (unpaired) electrons. The summed E-state index contributed by atoms with van der Waals surface area (Å²) in [4.78, 5) is 30.4. The first-order chi connectivity index (χ1) is 10.9. The Morgan fingerprint density at radius 1 is 1.30 bits per heavy atom. The van der Waals surface area contributed by atoms with Crippen molar-refractivity contribution in [3.05, 3.63) is 40.4 Å². The van der Waals surface area contributed by atoms with Crippen LogP contribution in [-0.2, 0) is 11.2 Å². The monoisotopic (exact) mass is 333 g/mol. The molecule has 2 rings (SSSR count). The summed E-state index contributed by atoms with van der Waals surface area (Å²) in [5.74, 6) is 0.346. The van der Waals surface area contributed by atoms with E-state index in [2.05, 4.69) is 10.3 Å². The number of nitrogens with one attached hydrogen (secondary N) is 1. The van der Waals surface area contributed by atoms with Crippen LogP contribution in [-0.4, -0.2) is 42.9 Å². The molecule has 1 heterocycles. The third-order valence-corrected chi connectivity index (χ3v) is 4.25. The molecule has 2 aromatic rings. The molecule has 0 atom stereocenters. The van der Waals surface area contributed by atoms with E-state index < -0.39 is 0 Å². The molecule has 0 bridgehead atoms. The maximum Gasteiger partial charge on any atom is 0.265 e. The molecule has 0 unspecified atom stereocenters. The number of amides is 2. The zero-order valence-electron chi connectivity index (χ0n) is 13.5. The van der Waals surface area contributed by atoms with Crippen molar-refractivity contribution in [2.45, 2.75) is 13.3 Å². The van der Waals surface area contributed by atoms with Crippen LogP contribution in [0.3, 0.4) is 0 Å². The van der Waals surface area contributed by atoms with E-state index in [9.17, 15) is 9.59 Å². The maximum atomic E-state index is 12.2. The summed E-state index contributed by atoms with van der Waals surface area (Å²) in [5.41, 5.74) is 1.41. The summed E-state index contributed by atoms with van der Waals surface area (Å²) in [6.45, 7) is 1.75. The average molecular weight is 333 g/mol. The van der Waals surface area contributed by atoms with Gasteiger partial charge in [0.1, 0.15) is 10.6 Å². The molecule has 0 saturated carbocycles. The molecule has 7 heteroatoms. The number of aryl methyl sites for hydroxylation is 1. The van der Waals surface area contributed by atoms with Crippen molar-refractivity contribution in [1.82, 2.24) is 9.88 Å². The van der Waals surface area contributed by atoms with Crippen LogP contribution in [0.1, 0.15) is 20.9 Å². The van der Waals surface area contributed by atoms with Crippen LogP contribution >= 0.6 is 11.3 Å². The molecule has 0 fully saturated rings. The van der Waals surface area contributed by atoms with E-state index >= 15 is 0 Å². The summed E-state index contributed by atoms with van der Waals surface area (Å²) in [6.07, 6.45) is 0.180. The topological polar surface area (TPSA) is 71.5 Å². The first-order valence-electron chi connectivity index (χ1n) is 7.03. The number of benzene rings is 1. The Labute approximate surface area is 139 Å². The van der Waals surface area contributed by atoms with Gasteiger partial charge in [0.15, 0.2) is 5.13 Å². The number of rotatable bonds is 5. The molecule has 0 saturated heterocycles. The first-order valence-corrected chi connectivity index (χ1v) is 7.85. The van der Waals surface area contributed by atoms with Gasteiger partial charge in [-0.15, -0.1) is 0 Å². The molecule has 0 spiro atoms. The molecule has 6 nitrogen and oxygen atoms in total. The van der Waals surface area contributed by atoms with Crippen molar-refractivity contribution < 1.29 is 14.3 Å². The number of methoxy groups -OCH3 is 1. The van der Waals surface area contributed by atoms with Crippen molar-refractivity contribution in [2.24, 2.45) is 0 Å². The Bertz CT molecular complexity index is 725. The van der Waals surface area contributed by atoms with E-state index in [0.717, 1.165) is 5.56 Å². The molecule has 2 amide bonds. The van der Waals surface area contributed by atoms with E-state index in [-0.39, 0.29) is 18.2 Å². The van der Waals surface area contributed by atoms with Crippen molar-refractivity contribution in [3.8, 4) is 5.75 Å². The Morgan fingerprint density at radius 2 is 2.00 bits per heavy atom. The lowest BCUT2D eigenvalue weighted by molar-refractivity contribution is -0.115. The smallest absolute Gasteiger partial charge is 0.265 e. The summed E-state index contributed by atoms with van der Waals surface area (Å²) in [5, 5.41) is 3.16. The summed E-state index contributed by atoms with van der Waals surface area (Å²) in [6, 6.07) is 7.35. The molecular weight excluding hydrogens is 314 g/mol. The Morgan fingerprint density at radius 3 is 2.65 bits per heavy atom. The molecule has 122 valence electrons. The number of anilines is 1. The van der Waals surface area contributed by atoms with Gasteiger partial charge >= 0.3 is 0 Å². The van der Waals surface area contributed by atoms with Gasteiger partial charge in [-0.05, 0) is 13.0 Å². The third kappa shape index (κ3) is 4.07. The molecule has 1 aromatic carbocycles. The van der Waals surface area contributed by atoms with Crippen molar-refractivity contribution in [2.75, 3.05) is 26.5 Å². The second-order valence-corrected chi connectivity index (χ2v) is 6.17. The number of thiazole rings is 1. The third-order valence-electron chi connectivity index (χ3n) is 3.19. The fraction of sp³-hybridized carbons (Fsp3) is 0.312. The molecule has 0 aliphatic carbocycles. The summed E-state index contributed by atoms with van der Waals surface area (Å²) in [7, 11) is 4.93. The fourth-order valence-corrected chi connectivity index (χ4v) is 3.04. The molecule has 1 aromatic heterocycles. The van der Waals surface area contributed by atoms with Crippen molar-refractivity contribution in [1.29, 1.82) is 0 Å². The predicted molar refractivity (Wildman–Crippen MR) is 90.2 cm³/mol. The SMILES string of the molecule is COc1ccccc1CC(=O)Nc1nc(C)c(C(=O)N(C)C)s1. The lowest BCUT2D eigenvalue weighted by Crippen LogP contribution is -2.21. The largest absolute Gasteiger partial charge is 0.496 e. The number of carbonyl (C=O) groups is 2. The Kier molecular flexibility index (Phi) is 5.33. The van der Waals surface area contributed by atoms with Crippen LogP contribution in [0.25, 0.3) is 0 Å². The number of para-hydroxylation sites is 1. The number of aromatic nitrogens is 1. The second kappa shape index (κ2) is 7.23. The number of nitrogens with zero attached hydrogens (tertiary/aromatic N) is 2. The minimum atomic E-state index is -0.202. The highest BCUT2D eigenvalue weighted by atomic mass is 32.1. The Balaban J connectivity index is 2.09. The van der Waals surface area contributed by atoms with Gasteiger partial charge in [0, 0.05) is 19.7 Å². The van der Waals surface area contributed by atoms with Crippen LogP contribution in [0, 0.1) is 6.92 Å². The number of ether oxygens (including phenoxy) is 1. The van der Waals surface area contributed by atoms with E-state index in [4.69, 9.17) is 4.74 Å². The molecule has 0 aliphatic heterocycles. The van der Waals surface area contributed by atoms with E-state index in [1.54, 1.807) is 28.1 Å². The van der Waals surface area contributed by atoms with Gasteiger partial charge in [-0.25, -0.2) is 4.98 Å². The summed E-state index contributed by atoms with van der Waals surface area (Å²) >= 11 is 1.18. The molecule has 23 heavy (non-hydrogen) atoms. The maximum absolute atomic E-state index is 12.2. The summed E-state index contributed by atoms with van der Waals surface area (Å²) < 4.78 is 5.23. The van der Waals surface area contributed by atoms with E-state index in [0.29, 0.717) is 21.5 Å². The first kappa shape index (κ1) is 17.0. The van der Waals surface area contributed by atoms with Crippen LogP contribution in [0.5, 0.6) is 5.75 Å². The van der Waals surface area contributed by atoms with Gasteiger partial charge in [-0.1, -0.05) is 29.5 Å². The highest BCUT2D eigenvalue weighted by molar-refractivity contribution is 7.17. The van der Waals surface area contributed by atoms with E-state index in [1.807, 2.05) is 24.3 Å². The van der Waals surface area contributed by atoms with Crippen LogP contribution in [0.4, 0.5) is 5.13 Å². The second-order valence-electron chi connectivity index (χ2n) is 5.17. The number of carbonyl (C=O) groups excluding carboxylic acids is 2. The number of hydrogen-bond donors (Lipinski definition) is 1. The van der Waals surface area contributed by atoms with E-state index in [1.165, 1.54) is 16.2 Å². The standard InChI is InChI=1S/C16H19N3O3S/c1-10-14(15(21)19(2)3)23-16(17-10)18-13(20)9-11-7-5-6-8-12(11)22-4/h5-8H,9H2,1-4H3,(H,17,18,20). The Hall–Kier alpha value is -2.41. The lowest BCUT2D eigenvalue weighted by atomic mass is 10.1. The van der Waals surface area contributed by atoms with Crippen LogP contribution in [0.2, 0.25) is 0 Å². The van der Waals surface area contributed by atoms with Gasteiger partial charge in [-0.3, -0.25) is 9.59 Å². The van der Waals surface area contributed by atoms with Crippen LogP contribution in [0.15, 0.2) is 24.3 Å². The van der Waals surface area contributed by atoms with Gasteiger partial charge in [-0.2, -0.15) is 0 Å². The minimum Gasteiger partial charge on any atom is -0.496 e. The van der Waals surface area contributed by atoms with Crippen molar-refractivity contribution >= 4 is 28.3 Å². The fourth-order valence-electron chi connectivity index (χ4n) is 2.04. The van der Waals surface area contributed by atoms with Gasteiger partial charge < -0.3 is 15.0 Å². The predicted octanol–water partition coefficient (Wildman–Crippen LogP) is 2.34. The lowest BCUT2D eigenvalue weighted by Gasteiger charge is -2.08. The quantitative estimate of drug-likeness (QED) is 0.912. The average Bonchev–Trinajstić information content (AvgIpc) is 2.87. The highest BCUT2D eigenvalue weighted by Crippen LogP contribution is 2.24. The molecule has 1 N–H and O–H groups in total. The normalized spacial score (nSPS) is 10.3. The van der Waals surface area contributed by atoms with Gasteiger partial charge in [0.05, 0.1) is 19.2 Å². The van der Waals surface area contributed by atoms with Gasteiger partial charge in [0.2, 0.25) is 5.91 Å². The zero-order chi connectivity index (χ0) is 17.0. The zero-order valence-corrected chi connectivity index (χ0v) is 14.4. The minimum absolute atomic E-state index is 0.120. The number of hydrogen-bond acceptors (Lipinski definition) is 5. The molecular formula is C16H19N3O3S. The van der Waals surface area contributed by atoms with Crippen molar-refractivity contribution in [3.63, 3.8) is 0 Å². The van der Waals surface area contributed by atoms with Crippen LogP contribution < -0.4 is 10.1 Å². The van der Waals surface area contributed by atoms with Gasteiger partial charge in [0.25, 0.3) is 5.91 Å². The molecule has 0 aliphatic rings. The highest BCUT2D eigenvalue weighted by Gasteiger charge is 2.18.